The summed E-state index contributed by atoms with van der Waals surface area (Å²) in [6.45, 7) is 1.91. The Morgan fingerprint density at radius 3 is 3.04 bits per heavy atom. The molecule has 0 aromatic carbocycles. The number of anilines is 3. The summed E-state index contributed by atoms with van der Waals surface area (Å²) in [5, 5.41) is 22.3. The first kappa shape index (κ1) is 15.1. The van der Waals surface area contributed by atoms with E-state index in [1.165, 1.54) is 18.5 Å². The first-order valence-corrected chi connectivity index (χ1v) is 9.61. The Labute approximate surface area is 149 Å². The zero-order valence-corrected chi connectivity index (χ0v) is 14.6. The average Bonchev–Trinajstić information content (AvgIpc) is 3.06. The van der Waals surface area contributed by atoms with Gasteiger partial charge in [-0.15, -0.1) is 11.3 Å². The van der Waals surface area contributed by atoms with Crippen molar-refractivity contribution in [1.29, 1.82) is 0 Å². The lowest BCUT2D eigenvalue weighted by atomic mass is 10.1. The van der Waals surface area contributed by atoms with Crippen LogP contribution in [0, 0.1) is 5.92 Å². The van der Waals surface area contributed by atoms with Gasteiger partial charge in [0.2, 0.25) is 5.95 Å². The van der Waals surface area contributed by atoms with Gasteiger partial charge < -0.3 is 15.3 Å². The fraction of sp³-hybridized carbons (Fsp3) is 0.471. The second-order valence-corrected chi connectivity index (χ2v) is 7.81. The van der Waals surface area contributed by atoms with Crippen LogP contribution in [0.25, 0.3) is 10.2 Å². The highest BCUT2D eigenvalue weighted by Crippen LogP contribution is 2.40. The summed E-state index contributed by atoms with van der Waals surface area (Å²) < 4.78 is 1.04. The molecule has 1 aliphatic carbocycles. The van der Waals surface area contributed by atoms with E-state index in [1.807, 2.05) is 11.4 Å². The number of hydrogen-bond acceptors (Lipinski definition) is 7. The molecule has 7 nitrogen and oxygen atoms in total. The van der Waals surface area contributed by atoms with Gasteiger partial charge in [-0.1, -0.05) is 0 Å². The minimum absolute atomic E-state index is 0.222. The Morgan fingerprint density at radius 1 is 1.32 bits per heavy atom. The molecule has 2 aliphatic rings. The van der Waals surface area contributed by atoms with Gasteiger partial charge in [0.05, 0.1) is 10.2 Å². The summed E-state index contributed by atoms with van der Waals surface area (Å²) in [6.07, 6.45) is 3.47. The number of aliphatic hydroxyl groups excluding tert-OH is 1. The predicted octanol–water partition coefficient (Wildman–Crippen LogP) is 2.85. The lowest BCUT2D eigenvalue weighted by molar-refractivity contribution is 0.238. The van der Waals surface area contributed by atoms with E-state index in [9.17, 15) is 5.11 Å². The number of fused-ring (bicyclic) bond motifs is 1. The Hall–Kier alpha value is -2.19. The van der Waals surface area contributed by atoms with E-state index >= 15 is 0 Å². The van der Waals surface area contributed by atoms with E-state index in [1.54, 1.807) is 11.3 Å². The normalized spacial score (nSPS) is 20.5. The van der Waals surface area contributed by atoms with Crippen molar-refractivity contribution in [2.45, 2.75) is 25.2 Å². The summed E-state index contributed by atoms with van der Waals surface area (Å²) >= 11 is 1.63. The number of nitrogens with one attached hydrogen (secondary N) is 2. The summed E-state index contributed by atoms with van der Waals surface area (Å²) in [6, 6.07) is 4.10. The van der Waals surface area contributed by atoms with Gasteiger partial charge >= 0.3 is 0 Å². The maximum Gasteiger partial charge on any atom is 0.227 e. The molecule has 0 spiro atoms. The second-order valence-electron chi connectivity index (χ2n) is 6.90. The molecular formula is C17H20N6OS. The number of rotatable bonds is 5. The van der Waals surface area contributed by atoms with Crippen LogP contribution >= 0.6 is 11.3 Å². The van der Waals surface area contributed by atoms with Gasteiger partial charge in [0.15, 0.2) is 11.6 Å². The molecule has 0 radical (unpaired) electrons. The third kappa shape index (κ3) is 2.85. The van der Waals surface area contributed by atoms with Gasteiger partial charge in [0.25, 0.3) is 0 Å². The highest BCUT2D eigenvalue weighted by molar-refractivity contribution is 7.17. The van der Waals surface area contributed by atoms with Crippen LogP contribution in [-0.4, -0.2) is 45.0 Å². The molecule has 130 valence electrons. The largest absolute Gasteiger partial charge is 0.396 e. The molecule has 1 saturated heterocycles. The molecule has 1 saturated carbocycles. The molecule has 8 heteroatoms. The fourth-order valence-electron chi connectivity index (χ4n) is 3.37. The number of nitrogens with zero attached hydrogens (tertiary/aromatic N) is 4. The van der Waals surface area contributed by atoms with Crippen LogP contribution in [0.3, 0.4) is 0 Å². The van der Waals surface area contributed by atoms with Gasteiger partial charge in [-0.25, -0.2) is 4.98 Å². The highest BCUT2D eigenvalue weighted by Gasteiger charge is 2.27. The maximum atomic E-state index is 9.38. The Kier molecular flexibility index (Phi) is 3.60. The van der Waals surface area contributed by atoms with Crippen LogP contribution in [0.15, 0.2) is 17.5 Å². The van der Waals surface area contributed by atoms with E-state index in [0.717, 1.165) is 47.3 Å². The molecule has 3 aromatic rings. The quantitative estimate of drug-likeness (QED) is 0.651. The van der Waals surface area contributed by atoms with E-state index in [0.29, 0.717) is 11.8 Å². The molecule has 5 rings (SSSR count). The molecule has 4 heterocycles. The van der Waals surface area contributed by atoms with Crippen molar-refractivity contribution in [3.8, 4) is 0 Å². The van der Waals surface area contributed by atoms with Crippen LogP contribution in [0.4, 0.5) is 17.6 Å². The molecule has 0 bridgehead atoms. The molecular weight excluding hydrogens is 336 g/mol. The number of aliphatic hydroxyl groups is 1. The van der Waals surface area contributed by atoms with E-state index in [4.69, 9.17) is 9.97 Å². The molecule has 0 unspecified atom stereocenters. The zero-order chi connectivity index (χ0) is 16.8. The lowest BCUT2D eigenvalue weighted by Gasteiger charge is -2.17. The first-order chi connectivity index (χ1) is 12.3. The van der Waals surface area contributed by atoms with E-state index in [2.05, 4.69) is 26.5 Å². The van der Waals surface area contributed by atoms with Crippen LogP contribution in [0.1, 0.15) is 30.9 Å². The van der Waals surface area contributed by atoms with Gasteiger partial charge in [-0.05, 0) is 30.7 Å². The molecule has 2 fully saturated rings. The Morgan fingerprint density at radius 2 is 2.24 bits per heavy atom. The number of thiophene rings is 1. The van der Waals surface area contributed by atoms with Crippen LogP contribution < -0.4 is 10.2 Å². The van der Waals surface area contributed by atoms with Gasteiger partial charge in [0.1, 0.15) is 0 Å². The van der Waals surface area contributed by atoms with E-state index < -0.39 is 0 Å². The summed E-state index contributed by atoms with van der Waals surface area (Å²) in [7, 11) is 0. The van der Waals surface area contributed by atoms with Crippen molar-refractivity contribution in [1.82, 2.24) is 20.2 Å². The van der Waals surface area contributed by atoms with Crippen LogP contribution in [0.2, 0.25) is 0 Å². The fourth-order valence-corrected chi connectivity index (χ4v) is 4.14. The minimum Gasteiger partial charge on any atom is -0.396 e. The van der Waals surface area contributed by atoms with Crippen molar-refractivity contribution in [3.63, 3.8) is 0 Å². The number of H-pyrrole nitrogens is 1. The van der Waals surface area contributed by atoms with Crippen molar-refractivity contribution in [3.05, 3.63) is 23.2 Å². The third-order valence-electron chi connectivity index (χ3n) is 4.98. The standard InChI is InChI=1S/C17H20N6OS/c24-9-10-3-5-23(8-10)17-18-12-4-6-25-15(12)16(20-17)19-14-7-13(21-22-14)11-1-2-11/h4,6-7,10-11,24H,1-3,5,8-9H2,(H2,18,19,20,21,22)/t10-/m0/s1. The third-order valence-corrected chi connectivity index (χ3v) is 5.89. The minimum atomic E-state index is 0.222. The smallest absolute Gasteiger partial charge is 0.227 e. The maximum absolute atomic E-state index is 9.38. The van der Waals surface area contributed by atoms with E-state index in [-0.39, 0.29) is 6.61 Å². The predicted molar refractivity (Wildman–Crippen MR) is 98.7 cm³/mol. The SMILES string of the molecule is OC[C@H]1CCN(c2nc(Nc3cc(C4CC4)[nH]n3)c3sccc3n2)C1. The second kappa shape index (κ2) is 5.96. The summed E-state index contributed by atoms with van der Waals surface area (Å²) in [5.74, 6) is 3.28. The van der Waals surface area contributed by atoms with Crippen molar-refractivity contribution >= 4 is 39.1 Å². The zero-order valence-electron chi connectivity index (χ0n) is 13.8. The molecule has 3 aromatic heterocycles. The number of hydrogen-bond donors (Lipinski definition) is 3. The van der Waals surface area contributed by atoms with Crippen molar-refractivity contribution in [2.24, 2.45) is 5.92 Å². The highest BCUT2D eigenvalue weighted by atomic mass is 32.1. The number of aromatic nitrogens is 4. The van der Waals surface area contributed by atoms with Crippen LogP contribution in [-0.2, 0) is 0 Å². The number of aromatic amines is 1. The van der Waals surface area contributed by atoms with Gasteiger partial charge in [-0.2, -0.15) is 10.1 Å². The monoisotopic (exact) mass is 356 g/mol. The van der Waals surface area contributed by atoms with Crippen molar-refractivity contribution < 1.29 is 5.11 Å². The summed E-state index contributed by atoms with van der Waals surface area (Å²) in [5.41, 5.74) is 2.15. The Bertz CT molecular complexity index is 902. The molecule has 1 atom stereocenters. The van der Waals surface area contributed by atoms with Gasteiger partial charge in [-0.3, -0.25) is 5.10 Å². The van der Waals surface area contributed by atoms with Gasteiger partial charge in [0, 0.05) is 43.3 Å². The first-order valence-electron chi connectivity index (χ1n) is 8.73. The molecule has 0 amide bonds. The summed E-state index contributed by atoms with van der Waals surface area (Å²) in [4.78, 5) is 11.6. The Balaban J connectivity index is 1.46. The molecule has 3 N–H and O–H groups in total. The lowest BCUT2D eigenvalue weighted by Crippen LogP contribution is -2.23. The molecule has 1 aliphatic heterocycles. The topological polar surface area (TPSA) is 90.0 Å². The van der Waals surface area contributed by atoms with Crippen molar-refractivity contribution in [2.75, 3.05) is 29.9 Å². The molecule has 25 heavy (non-hydrogen) atoms. The average molecular weight is 356 g/mol. The van der Waals surface area contributed by atoms with Crippen LogP contribution in [0.5, 0.6) is 0 Å².